The molecule has 0 fully saturated rings. The predicted octanol–water partition coefficient (Wildman–Crippen LogP) is 3.92. The van der Waals surface area contributed by atoms with E-state index < -0.39 is 0 Å². The number of hydrogen-bond acceptors (Lipinski definition) is 4. The zero-order valence-corrected chi connectivity index (χ0v) is 20.2. The van der Waals surface area contributed by atoms with E-state index in [0.29, 0.717) is 0 Å². The van der Waals surface area contributed by atoms with Gasteiger partial charge in [-0.3, -0.25) is 4.99 Å². The maximum atomic E-state index is 9.36. The summed E-state index contributed by atoms with van der Waals surface area (Å²) in [6.45, 7) is 13.4. The second-order valence-corrected chi connectivity index (χ2v) is 7.80. The van der Waals surface area contributed by atoms with Crippen LogP contribution >= 0.6 is 35.3 Å². The van der Waals surface area contributed by atoms with E-state index in [0.717, 1.165) is 57.7 Å². The van der Waals surface area contributed by atoms with Crippen LogP contribution in [0, 0.1) is 12.3 Å². The largest absolute Gasteiger partial charge is 0.396 e. The Labute approximate surface area is 180 Å². The Morgan fingerprint density at radius 1 is 1.19 bits per heavy atom. The van der Waals surface area contributed by atoms with E-state index in [-0.39, 0.29) is 36.0 Å². The SMILES string of the molecule is CCNC(=NCC(CC)(CC)CCO)NCCc1nc(CC)c(C)s1.I. The highest BCUT2D eigenvalue weighted by atomic mass is 127. The van der Waals surface area contributed by atoms with Gasteiger partial charge in [-0.2, -0.15) is 0 Å². The summed E-state index contributed by atoms with van der Waals surface area (Å²) >= 11 is 1.80. The predicted molar refractivity (Wildman–Crippen MR) is 124 cm³/mol. The summed E-state index contributed by atoms with van der Waals surface area (Å²) in [4.78, 5) is 10.8. The number of hydrogen-bond donors (Lipinski definition) is 3. The number of nitrogens with zero attached hydrogens (tertiary/aromatic N) is 2. The minimum Gasteiger partial charge on any atom is -0.396 e. The number of aromatic nitrogens is 1. The molecule has 152 valence electrons. The maximum absolute atomic E-state index is 9.36. The Morgan fingerprint density at radius 3 is 2.38 bits per heavy atom. The van der Waals surface area contributed by atoms with Crippen LogP contribution in [-0.4, -0.2) is 42.3 Å². The summed E-state index contributed by atoms with van der Waals surface area (Å²) in [6, 6.07) is 0. The Bertz CT molecular complexity index is 530. The highest BCUT2D eigenvalue weighted by molar-refractivity contribution is 14.0. The summed E-state index contributed by atoms with van der Waals surface area (Å²) in [7, 11) is 0. The molecule has 7 heteroatoms. The van der Waals surface area contributed by atoms with E-state index in [9.17, 15) is 5.11 Å². The van der Waals surface area contributed by atoms with Crippen molar-refractivity contribution in [3.8, 4) is 0 Å². The Kier molecular flexibility index (Phi) is 13.5. The fourth-order valence-electron chi connectivity index (χ4n) is 2.94. The third kappa shape index (κ3) is 8.08. The summed E-state index contributed by atoms with van der Waals surface area (Å²) in [5.74, 6) is 0.857. The van der Waals surface area contributed by atoms with Gasteiger partial charge >= 0.3 is 0 Å². The van der Waals surface area contributed by atoms with Crippen molar-refractivity contribution in [1.82, 2.24) is 15.6 Å². The third-order valence-electron chi connectivity index (χ3n) is 4.96. The van der Waals surface area contributed by atoms with Crippen LogP contribution in [0.25, 0.3) is 0 Å². The minimum absolute atomic E-state index is 0. The molecule has 0 aliphatic rings. The molecule has 3 N–H and O–H groups in total. The third-order valence-corrected chi connectivity index (χ3v) is 6.03. The maximum Gasteiger partial charge on any atom is 0.191 e. The van der Waals surface area contributed by atoms with Gasteiger partial charge in [-0.15, -0.1) is 35.3 Å². The number of aliphatic hydroxyl groups is 1. The van der Waals surface area contributed by atoms with Gasteiger partial charge in [-0.25, -0.2) is 4.98 Å². The molecule has 0 aliphatic carbocycles. The smallest absolute Gasteiger partial charge is 0.191 e. The van der Waals surface area contributed by atoms with Gasteiger partial charge in [0.05, 0.1) is 10.7 Å². The summed E-state index contributed by atoms with van der Waals surface area (Å²) < 4.78 is 0. The van der Waals surface area contributed by atoms with Crippen LogP contribution in [0.1, 0.15) is 62.5 Å². The molecular weight excluding hydrogens is 459 g/mol. The van der Waals surface area contributed by atoms with Crippen LogP contribution in [0.3, 0.4) is 0 Å². The van der Waals surface area contributed by atoms with E-state index in [4.69, 9.17) is 9.98 Å². The van der Waals surface area contributed by atoms with Gasteiger partial charge in [0.1, 0.15) is 0 Å². The molecule has 0 bridgehead atoms. The molecule has 1 heterocycles. The van der Waals surface area contributed by atoms with Gasteiger partial charge in [0, 0.05) is 37.5 Å². The van der Waals surface area contributed by atoms with E-state index in [2.05, 4.69) is 45.3 Å². The lowest BCUT2D eigenvalue weighted by atomic mass is 9.79. The van der Waals surface area contributed by atoms with E-state index >= 15 is 0 Å². The highest BCUT2D eigenvalue weighted by Crippen LogP contribution is 2.30. The van der Waals surface area contributed by atoms with Gasteiger partial charge < -0.3 is 15.7 Å². The first-order valence-corrected chi connectivity index (χ1v) is 10.4. The Morgan fingerprint density at radius 2 is 1.88 bits per heavy atom. The molecule has 1 aromatic rings. The van der Waals surface area contributed by atoms with Crippen molar-refractivity contribution in [2.24, 2.45) is 10.4 Å². The van der Waals surface area contributed by atoms with Gasteiger partial charge in [0.25, 0.3) is 0 Å². The van der Waals surface area contributed by atoms with Gasteiger partial charge in [-0.1, -0.05) is 20.8 Å². The van der Waals surface area contributed by atoms with Gasteiger partial charge in [0.2, 0.25) is 0 Å². The number of halogens is 1. The standard InChI is InChI=1S/C19H36N4OS.HI/c1-6-16-15(5)25-17(23-16)10-12-21-18(20-9-4)22-14-19(7-2,8-3)11-13-24;/h24H,6-14H2,1-5H3,(H2,20,21,22);1H. The number of aryl methyl sites for hydroxylation is 2. The molecule has 0 unspecified atom stereocenters. The van der Waals surface area contributed by atoms with Crippen LogP contribution in [0.5, 0.6) is 0 Å². The Balaban J connectivity index is 0.00000625. The molecule has 0 amide bonds. The van der Waals surface area contributed by atoms with Crippen LogP contribution in [0.4, 0.5) is 0 Å². The number of nitrogens with one attached hydrogen (secondary N) is 2. The van der Waals surface area contributed by atoms with Crippen molar-refractivity contribution >= 4 is 41.3 Å². The average Bonchev–Trinajstić information content (AvgIpc) is 2.98. The van der Waals surface area contributed by atoms with Crippen LogP contribution in [0.15, 0.2) is 4.99 Å². The van der Waals surface area contributed by atoms with Crippen LogP contribution in [0.2, 0.25) is 0 Å². The normalized spacial score (nSPS) is 12.0. The molecule has 0 aliphatic heterocycles. The quantitative estimate of drug-likeness (QED) is 0.247. The molecule has 0 atom stereocenters. The molecule has 0 saturated heterocycles. The average molecular weight is 497 g/mol. The fraction of sp³-hybridized carbons (Fsp3) is 0.789. The van der Waals surface area contributed by atoms with Crippen LogP contribution in [-0.2, 0) is 12.8 Å². The molecule has 26 heavy (non-hydrogen) atoms. The molecule has 0 saturated carbocycles. The van der Waals surface area contributed by atoms with Crippen molar-refractivity contribution in [1.29, 1.82) is 0 Å². The van der Waals surface area contributed by atoms with Crippen molar-refractivity contribution in [3.05, 3.63) is 15.6 Å². The number of aliphatic hydroxyl groups excluding tert-OH is 1. The molecule has 1 aromatic heterocycles. The van der Waals surface area contributed by atoms with E-state index in [1.54, 1.807) is 11.3 Å². The first kappa shape index (κ1) is 25.6. The lowest BCUT2D eigenvalue weighted by Gasteiger charge is -2.29. The number of guanidine groups is 1. The molecule has 0 aromatic carbocycles. The number of thiazole rings is 1. The topological polar surface area (TPSA) is 69.5 Å². The van der Waals surface area contributed by atoms with Crippen LogP contribution < -0.4 is 10.6 Å². The van der Waals surface area contributed by atoms with Crippen molar-refractivity contribution in [2.75, 3.05) is 26.2 Å². The first-order valence-electron chi connectivity index (χ1n) is 9.62. The fourth-order valence-corrected chi connectivity index (χ4v) is 3.96. The molecule has 0 spiro atoms. The molecule has 0 radical (unpaired) electrons. The lowest BCUT2D eigenvalue weighted by Crippen LogP contribution is -2.39. The molecule has 1 rings (SSSR count). The summed E-state index contributed by atoms with van der Waals surface area (Å²) in [5, 5.41) is 17.3. The highest BCUT2D eigenvalue weighted by Gasteiger charge is 2.25. The summed E-state index contributed by atoms with van der Waals surface area (Å²) in [6.07, 6.45) is 4.79. The van der Waals surface area contributed by atoms with E-state index in [1.165, 1.54) is 15.6 Å². The second-order valence-electron chi connectivity index (χ2n) is 6.52. The minimum atomic E-state index is 0. The monoisotopic (exact) mass is 496 g/mol. The van der Waals surface area contributed by atoms with Gasteiger partial charge in [-0.05, 0) is 44.9 Å². The van der Waals surface area contributed by atoms with Crippen molar-refractivity contribution < 1.29 is 5.11 Å². The van der Waals surface area contributed by atoms with E-state index in [1.807, 2.05) is 0 Å². The van der Waals surface area contributed by atoms with Crippen molar-refractivity contribution in [3.63, 3.8) is 0 Å². The Hall–Kier alpha value is -0.410. The van der Waals surface area contributed by atoms with Crippen molar-refractivity contribution in [2.45, 2.75) is 66.7 Å². The second kappa shape index (κ2) is 13.7. The first-order chi connectivity index (χ1) is 12.0. The number of aliphatic imine (C=N–C) groups is 1. The number of rotatable bonds is 11. The van der Waals surface area contributed by atoms with Gasteiger partial charge in [0.15, 0.2) is 5.96 Å². The zero-order chi connectivity index (χ0) is 18.7. The lowest BCUT2D eigenvalue weighted by molar-refractivity contribution is 0.175. The molecule has 5 nitrogen and oxygen atoms in total. The summed E-state index contributed by atoms with van der Waals surface area (Å²) in [5.41, 5.74) is 1.32. The molecular formula is C19H37IN4OS. The zero-order valence-electron chi connectivity index (χ0n) is 17.0.